The molecule has 4 N–H and O–H groups in total. The van der Waals surface area contributed by atoms with Crippen LogP contribution in [-0.4, -0.2) is 48.6 Å². The van der Waals surface area contributed by atoms with Gasteiger partial charge in [0.2, 0.25) is 5.91 Å². The van der Waals surface area contributed by atoms with Crippen molar-refractivity contribution in [1.29, 1.82) is 0 Å². The predicted molar refractivity (Wildman–Crippen MR) is 67.6 cm³/mol. The first-order valence-corrected chi connectivity index (χ1v) is 5.78. The highest BCUT2D eigenvalue weighted by Gasteiger charge is 2.30. The number of hydrogen-bond donors (Lipinski definition) is 3. The zero-order valence-electron chi connectivity index (χ0n) is 11.3. The molecule has 0 aliphatic carbocycles. The van der Waals surface area contributed by atoms with Crippen LogP contribution in [0.2, 0.25) is 0 Å². The van der Waals surface area contributed by atoms with Crippen LogP contribution in [0.15, 0.2) is 0 Å². The third-order valence-corrected chi connectivity index (χ3v) is 2.99. The fourth-order valence-electron chi connectivity index (χ4n) is 1.27. The average molecular weight is 244 g/mol. The van der Waals surface area contributed by atoms with Crippen LogP contribution in [-0.2, 0) is 4.79 Å². The standard InChI is InChI=1S/C11H24N4O2/c1-6-13-10(17)14-9(16)8(2)15(5)11(3,4)7-12/h8H,6-7,12H2,1-5H3,(H2,13,14,16,17). The van der Waals surface area contributed by atoms with E-state index in [0.717, 1.165) is 0 Å². The van der Waals surface area contributed by atoms with Gasteiger partial charge in [0, 0.05) is 18.6 Å². The lowest BCUT2D eigenvalue weighted by Gasteiger charge is -2.38. The number of carbonyl (C=O) groups is 2. The number of urea groups is 1. The Kier molecular flexibility index (Phi) is 6.12. The molecule has 0 aromatic heterocycles. The number of amides is 3. The highest BCUT2D eigenvalue weighted by molar-refractivity contribution is 5.96. The summed E-state index contributed by atoms with van der Waals surface area (Å²) in [6, 6.07) is -0.889. The first-order chi connectivity index (χ1) is 7.76. The smallest absolute Gasteiger partial charge is 0.321 e. The highest BCUT2D eigenvalue weighted by atomic mass is 16.2. The van der Waals surface area contributed by atoms with Gasteiger partial charge in [0.1, 0.15) is 0 Å². The van der Waals surface area contributed by atoms with Crippen molar-refractivity contribution in [3.05, 3.63) is 0 Å². The lowest BCUT2D eigenvalue weighted by Crippen LogP contribution is -2.56. The van der Waals surface area contributed by atoms with Crippen LogP contribution in [0.5, 0.6) is 0 Å². The molecular formula is C11H24N4O2. The van der Waals surface area contributed by atoms with E-state index in [0.29, 0.717) is 13.1 Å². The van der Waals surface area contributed by atoms with Crippen LogP contribution in [0.1, 0.15) is 27.7 Å². The summed E-state index contributed by atoms with van der Waals surface area (Å²) in [6.07, 6.45) is 0. The number of carbonyl (C=O) groups excluding carboxylic acids is 2. The van der Waals surface area contributed by atoms with E-state index < -0.39 is 12.1 Å². The van der Waals surface area contributed by atoms with Crippen molar-refractivity contribution in [2.24, 2.45) is 5.73 Å². The summed E-state index contributed by atoms with van der Waals surface area (Å²) < 4.78 is 0. The molecule has 0 fully saturated rings. The minimum absolute atomic E-state index is 0.294. The van der Waals surface area contributed by atoms with Gasteiger partial charge in [-0.15, -0.1) is 0 Å². The molecule has 1 atom stereocenters. The zero-order valence-corrected chi connectivity index (χ0v) is 11.3. The van der Waals surface area contributed by atoms with Crippen molar-refractivity contribution in [3.8, 4) is 0 Å². The molecule has 3 amide bonds. The minimum Gasteiger partial charge on any atom is -0.338 e. The maximum atomic E-state index is 11.8. The van der Waals surface area contributed by atoms with E-state index in [1.807, 2.05) is 25.8 Å². The fourth-order valence-corrected chi connectivity index (χ4v) is 1.27. The van der Waals surface area contributed by atoms with E-state index in [2.05, 4.69) is 10.6 Å². The highest BCUT2D eigenvalue weighted by Crippen LogP contribution is 2.13. The summed E-state index contributed by atoms with van der Waals surface area (Å²) in [5.74, 6) is -0.333. The van der Waals surface area contributed by atoms with E-state index in [4.69, 9.17) is 5.73 Å². The summed E-state index contributed by atoms with van der Waals surface area (Å²) in [7, 11) is 1.81. The second-order valence-electron chi connectivity index (χ2n) is 4.65. The molecule has 1 unspecified atom stereocenters. The van der Waals surface area contributed by atoms with Crippen LogP contribution in [0, 0.1) is 0 Å². The van der Waals surface area contributed by atoms with E-state index >= 15 is 0 Å². The Hall–Kier alpha value is -1.14. The van der Waals surface area contributed by atoms with Crippen molar-refractivity contribution >= 4 is 11.9 Å². The summed E-state index contributed by atoms with van der Waals surface area (Å²) >= 11 is 0. The van der Waals surface area contributed by atoms with Crippen LogP contribution in [0.25, 0.3) is 0 Å². The number of imide groups is 1. The second kappa shape index (κ2) is 6.56. The van der Waals surface area contributed by atoms with Crippen LogP contribution in [0.4, 0.5) is 4.79 Å². The molecule has 0 rings (SSSR count). The van der Waals surface area contributed by atoms with E-state index in [1.54, 1.807) is 13.8 Å². The van der Waals surface area contributed by atoms with Gasteiger partial charge in [0.25, 0.3) is 0 Å². The Balaban J connectivity index is 4.45. The van der Waals surface area contributed by atoms with Crippen molar-refractivity contribution < 1.29 is 9.59 Å². The van der Waals surface area contributed by atoms with Crippen molar-refractivity contribution in [2.45, 2.75) is 39.3 Å². The van der Waals surface area contributed by atoms with E-state index in [-0.39, 0.29) is 11.4 Å². The fraction of sp³-hybridized carbons (Fsp3) is 0.818. The quantitative estimate of drug-likeness (QED) is 0.629. The lowest BCUT2D eigenvalue weighted by atomic mass is 10.0. The molecule has 0 bridgehead atoms. The van der Waals surface area contributed by atoms with Crippen molar-refractivity contribution in [1.82, 2.24) is 15.5 Å². The predicted octanol–water partition coefficient (Wildman–Crippen LogP) is -0.110. The van der Waals surface area contributed by atoms with Gasteiger partial charge in [-0.2, -0.15) is 0 Å². The lowest BCUT2D eigenvalue weighted by molar-refractivity contribution is -0.126. The SMILES string of the molecule is CCNC(=O)NC(=O)C(C)N(C)C(C)(C)CN. The Morgan fingerprint density at radius 1 is 1.41 bits per heavy atom. The molecule has 0 heterocycles. The third kappa shape index (κ3) is 4.70. The topological polar surface area (TPSA) is 87.5 Å². The molecule has 0 aliphatic heterocycles. The normalized spacial score (nSPS) is 13.4. The summed E-state index contributed by atoms with van der Waals surface area (Å²) in [4.78, 5) is 24.8. The molecule has 0 saturated heterocycles. The number of nitrogens with one attached hydrogen (secondary N) is 2. The summed E-state index contributed by atoms with van der Waals surface area (Å²) in [5, 5.41) is 4.80. The summed E-state index contributed by atoms with van der Waals surface area (Å²) in [5.41, 5.74) is 5.35. The zero-order chi connectivity index (χ0) is 13.6. The molecule has 6 nitrogen and oxygen atoms in total. The molecule has 6 heteroatoms. The van der Waals surface area contributed by atoms with Gasteiger partial charge in [0.05, 0.1) is 6.04 Å². The van der Waals surface area contributed by atoms with Gasteiger partial charge >= 0.3 is 6.03 Å². The number of rotatable bonds is 5. The molecule has 0 radical (unpaired) electrons. The Morgan fingerprint density at radius 2 is 1.94 bits per heavy atom. The van der Waals surface area contributed by atoms with Crippen LogP contribution in [0.3, 0.4) is 0 Å². The number of likely N-dealkylation sites (N-methyl/N-ethyl adjacent to an activating group) is 1. The third-order valence-electron chi connectivity index (χ3n) is 2.99. The van der Waals surface area contributed by atoms with Crippen molar-refractivity contribution in [2.75, 3.05) is 20.1 Å². The number of nitrogens with zero attached hydrogens (tertiary/aromatic N) is 1. The van der Waals surface area contributed by atoms with Gasteiger partial charge in [0.15, 0.2) is 0 Å². The van der Waals surface area contributed by atoms with E-state index in [1.165, 1.54) is 0 Å². The maximum Gasteiger partial charge on any atom is 0.321 e. The average Bonchev–Trinajstić information content (AvgIpc) is 2.27. The number of hydrogen-bond acceptors (Lipinski definition) is 4. The second-order valence-corrected chi connectivity index (χ2v) is 4.65. The van der Waals surface area contributed by atoms with Crippen LogP contribution < -0.4 is 16.4 Å². The molecule has 0 saturated carbocycles. The molecule has 100 valence electrons. The van der Waals surface area contributed by atoms with Crippen LogP contribution >= 0.6 is 0 Å². The minimum atomic E-state index is -0.469. The van der Waals surface area contributed by atoms with Gasteiger partial charge in [-0.05, 0) is 34.7 Å². The monoisotopic (exact) mass is 244 g/mol. The largest absolute Gasteiger partial charge is 0.338 e. The van der Waals surface area contributed by atoms with Crippen molar-refractivity contribution in [3.63, 3.8) is 0 Å². The molecule has 0 aromatic carbocycles. The molecule has 0 aromatic rings. The van der Waals surface area contributed by atoms with Gasteiger partial charge in [-0.1, -0.05) is 0 Å². The first kappa shape index (κ1) is 15.9. The summed E-state index contributed by atoms with van der Waals surface area (Å²) in [6.45, 7) is 8.34. The maximum absolute atomic E-state index is 11.8. The van der Waals surface area contributed by atoms with E-state index in [9.17, 15) is 9.59 Å². The van der Waals surface area contributed by atoms with Gasteiger partial charge in [-0.3, -0.25) is 15.0 Å². The van der Waals surface area contributed by atoms with Gasteiger partial charge in [-0.25, -0.2) is 4.79 Å². The number of nitrogens with two attached hydrogens (primary N) is 1. The Morgan fingerprint density at radius 3 is 2.35 bits per heavy atom. The Bertz CT molecular complexity index is 279. The molecule has 0 spiro atoms. The Labute approximate surface area is 103 Å². The first-order valence-electron chi connectivity index (χ1n) is 5.78. The molecule has 17 heavy (non-hydrogen) atoms. The molecule has 0 aliphatic rings. The van der Waals surface area contributed by atoms with Gasteiger partial charge < -0.3 is 11.1 Å². The molecular weight excluding hydrogens is 220 g/mol.